The van der Waals surface area contributed by atoms with Crippen LogP contribution in [0.2, 0.25) is 0 Å². The first-order chi connectivity index (χ1) is 7.48. The van der Waals surface area contributed by atoms with Crippen molar-refractivity contribution in [1.82, 2.24) is 5.43 Å². The molecule has 2 aliphatic rings. The Hall–Kier alpha value is -0.0800. The highest BCUT2D eigenvalue weighted by Gasteiger charge is 2.40. The minimum atomic E-state index is 0.384. The molecule has 0 aromatic carbocycles. The lowest BCUT2D eigenvalue weighted by molar-refractivity contribution is 0.233. The van der Waals surface area contributed by atoms with Crippen molar-refractivity contribution in [3.63, 3.8) is 0 Å². The van der Waals surface area contributed by atoms with E-state index in [-0.39, 0.29) is 0 Å². The Balaban J connectivity index is 1.83. The van der Waals surface area contributed by atoms with Crippen molar-refractivity contribution in [3.05, 3.63) is 0 Å². The minimum Gasteiger partial charge on any atom is -0.271 e. The van der Waals surface area contributed by atoms with Crippen molar-refractivity contribution in [2.24, 2.45) is 29.0 Å². The normalized spacial score (nSPS) is 35.6. The second kappa shape index (κ2) is 4.66. The summed E-state index contributed by atoms with van der Waals surface area (Å²) in [6.45, 7) is 6.91. The number of hydrogen-bond donors (Lipinski definition) is 2. The lowest BCUT2D eigenvalue weighted by Gasteiger charge is -2.30. The van der Waals surface area contributed by atoms with Gasteiger partial charge in [-0.3, -0.25) is 11.3 Å². The van der Waals surface area contributed by atoms with Gasteiger partial charge in [0.1, 0.15) is 0 Å². The maximum absolute atomic E-state index is 5.71. The average molecular weight is 224 g/mol. The van der Waals surface area contributed by atoms with Crippen LogP contribution in [-0.2, 0) is 0 Å². The molecule has 0 aromatic rings. The summed E-state index contributed by atoms with van der Waals surface area (Å²) in [6.07, 6.45) is 8.47. The van der Waals surface area contributed by atoms with Gasteiger partial charge >= 0.3 is 0 Å². The number of nitrogens with one attached hydrogen (secondary N) is 1. The summed E-state index contributed by atoms with van der Waals surface area (Å²) in [5.41, 5.74) is 3.43. The van der Waals surface area contributed by atoms with Crippen molar-refractivity contribution in [2.75, 3.05) is 0 Å². The third kappa shape index (κ3) is 2.98. The molecule has 0 amide bonds. The largest absolute Gasteiger partial charge is 0.271 e. The Morgan fingerprint density at radius 2 is 2.00 bits per heavy atom. The van der Waals surface area contributed by atoms with E-state index in [0.29, 0.717) is 11.5 Å². The lowest BCUT2D eigenvalue weighted by Crippen LogP contribution is -2.39. The van der Waals surface area contributed by atoms with Crippen LogP contribution in [0.1, 0.15) is 59.3 Å². The molecule has 2 aliphatic carbocycles. The van der Waals surface area contributed by atoms with Gasteiger partial charge in [-0.1, -0.05) is 27.2 Å². The van der Waals surface area contributed by atoms with Gasteiger partial charge in [0.2, 0.25) is 0 Å². The zero-order valence-corrected chi connectivity index (χ0v) is 11.1. The maximum Gasteiger partial charge on any atom is 0.0218 e. The number of hydrazine groups is 1. The standard InChI is InChI=1S/C14H28N2/c1-14(2,3)9-13(16-15)8-12-7-10-4-5-11(12)6-10/h10-13,16H,4-9,15H2,1-3H3. The summed E-state index contributed by atoms with van der Waals surface area (Å²) in [5.74, 6) is 8.75. The van der Waals surface area contributed by atoms with E-state index in [1.54, 1.807) is 0 Å². The molecule has 0 aliphatic heterocycles. The van der Waals surface area contributed by atoms with E-state index in [1.165, 1.54) is 38.5 Å². The number of nitrogens with two attached hydrogens (primary N) is 1. The summed E-state index contributed by atoms with van der Waals surface area (Å²) < 4.78 is 0. The van der Waals surface area contributed by atoms with Crippen LogP contribution in [0.3, 0.4) is 0 Å². The summed E-state index contributed by atoms with van der Waals surface area (Å²) in [7, 11) is 0. The van der Waals surface area contributed by atoms with Crippen LogP contribution < -0.4 is 11.3 Å². The van der Waals surface area contributed by atoms with Crippen LogP contribution in [0.5, 0.6) is 0 Å². The molecular formula is C14H28N2. The molecule has 2 fully saturated rings. The van der Waals surface area contributed by atoms with Crippen LogP contribution in [0.15, 0.2) is 0 Å². The van der Waals surface area contributed by atoms with Gasteiger partial charge in [-0.05, 0) is 55.3 Å². The van der Waals surface area contributed by atoms with Crippen molar-refractivity contribution >= 4 is 0 Å². The molecule has 0 spiro atoms. The Morgan fingerprint density at radius 1 is 1.25 bits per heavy atom. The van der Waals surface area contributed by atoms with E-state index >= 15 is 0 Å². The fourth-order valence-electron chi connectivity index (χ4n) is 3.98. The molecule has 2 rings (SSSR count). The fraction of sp³-hybridized carbons (Fsp3) is 1.00. The van der Waals surface area contributed by atoms with Gasteiger partial charge in [-0.25, -0.2) is 0 Å². The van der Waals surface area contributed by atoms with Crippen LogP contribution >= 0.6 is 0 Å². The average Bonchev–Trinajstić information content (AvgIpc) is 2.75. The van der Waals surface area contributed by atoms with Crippen molar-refractivity contribution in [2.45, 2.75) is 65.3 Å². The van der Waals surface area contributed by atoms with Crippen molar-refractivity contribution in [3.8, 4) is 0 Å². The lowest BCUT2D eigenvalue weighted by atomic mass is 9.80. The molecule has 2 bridgehead atoms. The molecule has 2 saturated carbocycles. The predicted octanol–water partition coefficient (Wildman–Crippen LogP) is 3.08. The quantitative estimate of drug-likeness (QED) is 0.569. The second-order valence-electron chi connectivity index (χ2n) is 7.30. The van der Waals surface area contributed by atoms with E-state index in [4.69, 9.17) is 5.84 Å². The summed E-state index contributed by atoms with van der Waals surface area (Å²) in [4.78, 5) is 0. The minimum absolute atomic E-state index is 0.384. The Kier molecular flexibility index (Phi) is 3.60. The van der Waals surface area contributed by atoms with Crippen molar-refractivity contribution < 1.29 is 0 Å². The SMILES string of the molecule is CC(C)(C)CC(CC1CC2CCC1C2)NN. The Morgan fingerprint density at radius 3 is 2.44 bits per heavy atom. The molecule has 0 heterocycles. The second-order valence-corrected chi connectivity index (χ2v) is 7.30. The van der Waals surface area contributed by atoms with Gasteiger partial charge < -0.3 is 0 Å². The summed E-state index contributed by atoms with van der Waals surface area (Å²) in [6, 6.07) is 0.518. The van der Waals surface area contributed by atoms with E-state index in [9.17, 15) is 0 Å². The summed E-state index contributed by atoms with van der Waals surface area (Å²) >= 11 is 0. The van der Waals surface area contributed by atoms with Crippen LogP contribution in [0, 0.1) is 23.2 Å². The van der Waals surface area contributed by atoms with Gasteiger partial charge in [-0.2, -0.15) is 0 Å². The molecule has 2 nitrogen and oxygen atoms in total. The molecule has 2 heteroatoms. The van der Waals surface area contributed by atoms with Gasteiger partial charge in [0.25, 0.3) is 0 Å². The van der Waals surface area contributed by atoms with E-state index in [1.807, 2.05) is 0 Å². The van der Waals surface area contributed by atoms with Crippen LogP contribution in [0.4, 0.5) is 0 Å². The first kappa shape index (κ1) is 12.4. The van der Waals surface area contributed by atoms with Gasteiger partial charge in [0.05, 0.1) is 0 Å². The van der Waals surface area contributed by atoms with E-state index < -0.39 is 0 Å². The highest BCUT2D eigenvalue weighted by molar-refractivity contribution is 4.92. The molecule has 3 N–H and O–H groups in total. The first-order valence-electron chi connectivity index (χ1n) is 6.94. The fourth-order valence-corrected chi connectivity index (χ4v) is 3.98. The zero-order chi connectivity index (χ0) is 11.8. The van der Waals surface area contributed by atoms with E-state index in [2.05, 4.69) is 26.2 Å². The first-order valence-corrected chi connectivity index (χ1v) is 6.94. The molecule has 94 valence electrons. The van der Waals surface area contributed by atoms with E-state index in [0.717, 1.165) is 17.8 Å². The molecule has 0 saturated heterocycles. The highest BCUT2D eigenvalue weighted by Crippen LogP contribution is 2.50. The Bertz CT molecular complexity index is 231. The van der Waals surface area contributed by atoms with Crippen molar-refractivity contribution in [1.29, 1.82) is 0 Å². The predicted molar refractivity (Wildman–Crippen MR) is 68.7 cm³/mol. The van der Waals surface area contributed by atoms with Crippen LogP contribution in [-0.4, -0.2) is 6.04 Å². The number of hydrogen-bond acceptors (Lipinski definition) is 2. The molecule has 0 aromatic heterocycles. The monoisotopic (exact) mass is 224 g/mol. The van der Waals surface area contributed by atoms with Gasteiger partial charge in [0.15, 0.2) is 0 Å². The molecular weight excluding hydrogens is 196 g/mol. The summed E-state index contributed by atoms with van der Waals surface area (Å²) in [5, 5.41) is 0. The third-order valence-electron chi connectivity index (χ3n) is 4.57. The zero-order valence-electron chi connectivity index (χ0n) is 11.1. The smallest absolute Gasteiger partial charge is 0.0218 e. The Labute approximate surface area is 100 Å². The molecule has 4 unspecified atom stereocenters. The topological polar surface area (TPSA) is 38.0 Å². The van der Waals surface area contributed by atoms with Gasteiger partial charge in [0, 0.05) is 6.04 Å². The molecule has 4 atom stereocenters. The molecule has 16 heavy (non-hydrogen) atoms. The van der Waals surface area contributed by atoms with Gasteiger partial charge in [-0.15, -0.1) is 0 Å². The number of rotatable bonds is 4. The molecule has 0 radical (unpaired) electrons. The van der Waals surface area contributed by atoms with Crippen LogP contribution in [0.25, 0.3) is 0 Å². The maximum atomic E-state index is 5.71. The highest BCUT2D eigenvalue weighted by atomic mass is 15.2. The third-order valence-corrected chi connectivity index (χ3v) is 4.57. The number of fused-ring (bicyclic) bond motifs is 2.